The molecule has 0 saturated heterocycles. The van der Waals surface area contributed by atoms with Crippen molar-refractivity contribution < 1.29 is 8.42 Å². The fourth-order valence-electron chi connectivity index (χ4n) is 1.49. The van der Waals surface area contributed by atoms with Crippen molar-refractivity contribution >= 4 is 25.8 Å². The number of benzene rings is 1. The molecule has 0 heterocycles. The van der Waals surface area contributed by atoms with Crippen molar-refractivity contribution in [2.24, 2.45) is 0 Å². The summed E-state index contributed by atoms with van der Waals surface area (Å²) >= 11 is 3.21. The third-order valence-corrected chi connectivity index (χ3v) is 5.37. The third-order valence-electron chi connectivity index (χ3n) is 2.38. The first kappa shape index (κ1) is 14.9. The zero-order valence-electron chi connectivity index (χ0n) is 10.4. The second-order valence-corrected chi connectivity index (χ2v) is 6.72. The number of hydrogen-bond acceptors (Lipinski definition) is 2. The Morgan fingerprint density at radius 2 is 1.78 bits per heavy atom. The average Bonchev–Trinajstić information content (AvgIpc) is 2.28. The van der Waals surface area contributed by atoms with E-state index < -0.39 is 9.84 Å². The van der Waals surface area contributed by atoms with Gasteiger partial charge in [-0.2, -0.15) is 0 Å². The molecule has 1 aromatic carbocycles. The first-order valence-electron chi connectivity index (χ1n) is 5.30. The maximum Gasteiger partial charge on any atom is 0.207 e. The van der Waals surface area contributed by atoms with Crippen LogP contribution in [-0.4, -0.2) is 8.42 Å². The quantitative estimate of drug-likeness (QED) is 0.779. The third kappa shape index (κ3) is 3.00. The predicted molar refractivity (Wildman–Crippen MR) is 79.3 cm³/mol. The standard InChI is InChI=1S/C14H15BrO2S/c1-5-13(15)14(10(2)3)18(16,17)12-8-6-11(4)7-9-12/h5-9H,1-2H2,3-4H3. The SMILES string of the molecule is C=CC(Br)=C(C(=C)C)S(=O)(=O)c1ccc(C)cc1. The second-order valence-electron chi connectivity index (χ2n) is 3.98. The van der Waals surface area contributed by atoms with Gasteiger partial charge in [-0.05, 0) is 47.5 Å². The van der Waals surface area contributed by atoms with E-state index in [1.807, 2.05) is 6.92 Å². The predicted octanol–water partition coefficient (Wildman–Crippen LogP) is 4.14. The lowest BCUT2D eigenvalue weighted by Crippen LogP contribution is -2.07. The van der Waals surface area contributed by atoms with Crippen LogP contribution in [0.4, 0.5) is 0 Å². The van der Waals surface area contributed by atoms with Crippen LogP contribution in [0.15, 0.2) is 63.4 Å². The molecule has 0 bridgehead atoms. The van der Waals surface area contributed by atoms with E-state index in [1.54, 1.807) is 31.2 Å². The molecule has 0 aliphatic heterocycles. The van der Waals surface area contributed by atoms with Gasteiger partial charge in [0.15, 0.2) is 0 Å². The molecule has 0 aliphatic rings. The summed E-state index contributed by atoms with van der Waals surface area (Å²) < 4.78 is 25.4. The molecular weight excluding hydrogens is 312 g/mol. The Bertz CT molecular complexity index is 608. The highest BCUT2D eigenvalue weighted by molar-refractivity contribution is 9.12. The molecule has 2 nitrogen and oxygen atoms in total. The lowest BCUT2D eigenvalue weighted by Gasteiger charge is -2.10. The minimum atomic E-state index is -3.57. The van der Waals surface area contributed by atoms with Gasteiger partial charge in [0.25, 0.3) is 0 Å². The molecule has 0 aliphatic carbocycles. The van der Waals surface area contributed by atoms with Crippen LogP contribution in [0.25, 0.3) is 0 Å². The molecule has 1 aromatic rings. The molecule has 0 unspecified atom stereocenters. The van der Waals surface area contributed by atoms with Crippen LogP contribution in [0.2, 0.25) is 0 Å². The van der Waals surface area contributed by atoms with Crippen molar-refractivity contribution in [1.82, 2.24) is 0 Å². The van der Waals surface area contributed by atoms with E-state index in [9.17, 15) is 8.42 Å². The van der Waals surface area contributed by atoms with Gasteiger partial charge in [-0.3, -0.25) is 0 Å². The molecule has 4 heteroatoms. The van der Waals surface area contributed by atoms with Crippen LogP contribution in [0, 0.1) is 6.92 Å². The van der Waals surface area contributed by atoms with Crippen molar-refractivity contribution in [2.75, 3.05) is 0 Å². The Labute approximate surface area is 117 Å². The van der Waals surface area contributed by atoms with Crippen LogP contribution < -0.4 is 0 Å². The smallest absolute Gasteiger partial charge is 0.207 e. The lowest BCUT2D eigenvalue weighted by atomic mass is 10.2. The molecule has 0 amide bonds. The summed E-state index contributed by atoms with van der Waals surface area (Å²) in [5.74, 6) is 0. The van der Waals surface area contributed by atoms with Crippen LogP contribution in [-0.2, 0) is 9.84 Å². The second kappa shape index (κ2) is 5.67. The molecule has 0 spiro atoms. The first-order chi connectivity index (χ1) is 8.30. The van der Waals surface area contributed by atoms with Gasteiger partial charge < -0.3 is 0 Å². The summed E-state index contributed by atoms with van der Waals surface area (Å²) in [4.78, 5) is 0.422. The molecule has 96 valence electrons. The van der Waals surface area contributed by atoms with Crippen LogP contribution in [0.1, 0.15) is 12.5 Å². The number of hydrogen-bond donors (Lipinski definition) is 0. The lowest BCUT2D eigenvalue weighted by molar-refractivity contribution is 0.602. The highest BCUT2D eigenvalue weighted by atomic mass is 79.9. The molecule has 0 fully saturated rings. The van der Waals surface area contributed by atoms with Gasteiger partial charge in [0, 0.05) is 4.48 Å². The summed E-state index contributed by atoms with van der Waals surface area (Å²) in [5, 5.41) is 0. The van der Waals surface area contributed by atoms with Gasteiger partial charge in [-0.15, -0.1) is 0 Å². The monoisotopic (exact) mass is 326 g/mol. The van der Waals surface area contributed by atoms with Crippen molar-refractivity contribution in [3.63, 3.8) is 0 Å². The maximum absolute atomic E-state index is 12.5. The Balaban J connectivity index is 3.50. The summed E-state index contributed by atoms with van der Waals surface area (Å²) in [6.45, 7) is 10.9. The normalized spacial score (nSPS) is 12.8. The van der Waals surface area contributed by atoms with E-state index in [2.05, 4.69) is 29.1 Å². The van der Waals surface area contributed by atoms with Gasteiger partial charge in [0.05, 0.1) is 9.80 Å². The fourth-order valence-corrected chi connectivity index (χ4v) is 4.00. The van der Waals surface area contributed by atoms with Crippen LogP contribution in [0.3, 0.4) is 0 Å². The molecule has 0 atom stereocenters. The zero-order valence-corrected chi connectivity index (χ0v) is 12.8. The van der Waals surface area contributed by atoms with Crippen LogP contribution >= 0.6 is 15.9 Å². The van der Waals surface area contributed by atoms with Crippen molar-refractivity contribution in [1.29, 1.82) is 0 Å². The Morgan fingerprint density at radius 1 is 1.28 bits per heavy atom. The van der Waals surface area contributed by atoms with Crippen molar-refractivity contribution in [3.8, 4) is 0 Å². The highest BCUT2D eigenvalue weighted by Gasteiger charge is 2.23. The Kier molecular flexibility index (Phi) is 4.71. The maximum atomic E-state index is 12.5. The molecule has 1 rings (SSSR count). The van der Waals surface area contributed by atoms with Gasteiger partial charge in [-0.1, -0.05) is 36.9 Å². The average molecular weight is 327 g/mol. The van der Waals surface area contributed by atoms with E-state index in [1.165, 1.54) is 6.08 Å². The highest BCUT2D eigenvalue weighted by Crippen LogP contribution is 2.30. The minimum Gasteiger partial charge on any atom is -0.218 e. The van der Waals surface area contributed by atoms with Gasteiger partial charge in [-0.25, -0.2) is 8.42 Å². The van der Waals surface area contributed by atoms with Crippen molar-refractivity contribution in [2.45, 2.75) is 18.7 Å². The Hall–Kier alpha value is -1.13. The van der Waals surface area contributed by atoms with E-state index in [-0.39, 0.29) is 9.80 Å². The molecular formula is C14H15BrO2S. The van der Waals surface area contributed by atoms with E-state index >= 15 is 0 Å². The Morgan fingerprint density at radius 3 is 2.17 bits per heavy atom. The van der Waals surface area contributed by atoms with Crippen LogP contribution in [0.5, 0.6) is 0 Å². The molecule has 0 N–H and O–H groups in total. The topological polar surface area (TPSA) is 34.1 Å². The molecule has 0 aromatic heterocycles. The van der Waals surface area contributed by atoms with E-state index in [0.29, 0.717) is 10.1 Å². The number of rotatable bonds is 4. The van der Waals surface area contributed by atoms with Gasteiger partial charge in [0.2, 0.25) is 9.84 Å². The summed E-state index contributed by atoms with van der Waals surface area (Å²) in [7, 11) is -3.57. The van der Waals surface area contributed by atoms with E-state index in [0.717, 1.165) is 5.56 Å². The first-order valence-corrected chi connectivity index (χ1v) is 7.58. The van der Waals surface area contributed by atoms with E-state index in [4.69, 9.17) is 0 Å². The molecule has 18 heavy (non-hydrogen) atoms. The summed E-state index contributed by atoms with van der Waals surface area (Å²) in [6, 6.07) is 6.73. The summed E-state index contributed by atoms with van der Waals surface area (Å²) in [6.07, 6.45) is 1.45. The minimum absolute atomic E-state index is 0.168. The number of halogens is 1. The van der Waals surface area contributed by atoms with Gasteiger partial charge >= 0.3 is 0 Å². The number of allylic oxidation sites excluding steroid dienone is 3. The molecule has 0 radical (unpaired) electrons. The zero-order chi connectivity index (χ0) is 13.9. The number of aryl methyl sites for hydroxylation is 1. The van der Waals surface area contributed by atoms with Gasteiger partial charge in [0.1, 0.15) is 0 Å². The summed E-state index contributed by atoms with van der Waals surface area (Å²) in [5.41, 5.74) is 1.49. The molecule has 0 saturated carbocycles. The van der Waals surface area contributed by atoms with Crippen molar-refractivity contribution in [3.05, 3.63) is 64.0 Å². The fraction of sp³-hybridized carbons (Fsp3) is 0.143. The number of sulfone groups is 1. The largest absolute Gasteiger partial charge is 0.218 e.